The fourth-order valence-corrected chi connectivity index (χ4v) is 1.28. The highest BCUT2D eigenvalue weighted by Gasteiger charge is 2.50. The van der Waals surface area contributed by atoms with E-state index in [9.17, 15) is 13.6 Å². The first-order valence-corrected chi connectivity index (χ1v) is 5.11. The topological polar surface area (TPSA) is 38.3 Å². The fraction of sp³-hybridized carbons (Fsp3) is 0.900. The van der Waals surface area contributed by atoms with E-state index in [0.29, 0.717) is 0 Å². The molecule has 88 valence electrons. The van der Waals surface area contributed by atoms with Gasteiger partial charge in [-0.1, -0.05) is 6.92 Å². The summed E-state index contributed by atoms with van der Waals surface area (Å²) in [6, 6.07) is 0. The highest BCUT2D eigenvalue weighted by Crippen LogP contribution is 2.30. The van der Waals surface area contributed by atoms with Crippen molar-refractivity contribution in [1.29, 1.82) is 0 Å². The van der Waals surface area contributed by atoms with Crippen LogP contribution in [0.3, 0.4) is 0 Å². The molecule has 0 aliphatic carbocycles. The van der Waals surface area contributed by atoms with Crippen LogP contribution in [0.1, 0.15) is 33.6 Å². The van der Waals surface area contributed by atoms with Crippen LogP contribution in [-0.4, -0.2) is 30.1 Å². The van der Waals surface area contributed by atoms with Gasteiger partial charge in [-0.25, -0.2) is 4.79 Å². The molecule has 0 aromatic rings. The minimum atomic E-state index is -3.30. The first-order valence-electron chi connectivity index (χ1n) is 5.11. The van der Waals surface area contributed by atoms with Crippen molar-refractivity contribution in [3.63, 3.8) is 0 Å². The van der Waals surface area contributed by atoms with E-state index in [1.54, 1.807) is 0 Å². The Morgan fingerprint density at radius 1 is 1.60 bits per heavy atom. The summed E-state index contributed by atoms with van der Waals surface area (Å²) in [6.07, 6.45) is -0.346. The second-order valence-corrected chi connectivity index (χ2v) is 4.55. The van der Waals surface area contributed by atoms with E-state index in [4.69, 9.17) is 0 Å². The number of hydrogen-bond acceptors (Lipinski definition) is 3. The van der Waals surface area contributed by atoms with Gasteiger partial charge in [0.2, 0.25) is 0 Å². The molecule has 0 radical (unpaired) electrons. The first kappa shape index (κ1) is 12.4. The average molecular weight is 221 g/mol. The number of rotatable bonds is 4. The van der Waals surface area contributed by atoms with Crippen molar-refractivity contribution in [3.8, 4) is 0 Å². The molecule has 5 heteroatoms. The van der Waals surface area contributed by atoms with Gasteiger partial charge < -0.3 is 10.1 Å². The lowest BCUT2D eigenvalue weighted by Crippen LogP contribution is -2.42. The van der Waals surface area contributed by atoms with Gasteiger partial charge in [0.05, 0.1) is 6.42 Å². The lowest BCUT2D eigenvalue weighted by molar-refractivity contribution is -0.159. The Morgan fingerprint density at radius 2 is 2.20 bits per heavy atom. The number of carbonyl (C=O) groups excluding carboxylic acids is 1. The lowest BCUT2D eigenvalue weighted by atomic mass is 10.0. The molecule has 0 aromatic carbocycles. The number of ether oxygens (including phenoxy) is 1. The van der Waals surface area contributed by atoms with Crippen molar-refractivity contribution < 1.29 is 18.3 Å². The van der Waals surface area contributed by atoms with Crippen LogP contribution in [0.5, 0.6) is 0 Å². The molecule has 0 spiro atoms. The monoisotopic (exact) mass is 221 g/mol. The van der Waals surface area contributed by atoms with Crippen LogP contribution in [0, 0.1) is 0 Å². The van der Waals surface area contributed by atoms with E-state index in [2.05, 4.69) is 10.1 Å². The van der Waals surface area contributed by atoms with Crippen molar-refractivity contribution in [2.75, 3.05) is 6.54 Å². The predicted octanol–water partition coefficient (Wildman–Crippen LogP) is 1.72. The normalized spacial score (nSPS) is 25.4. The third-order valence-electron chi connectivity index (χ3n) is 2.75. The number of alkyl halides is 2. The summed E-state index contributed by atoms with van der Waals surface area (Å²) >= 11 is 0. The third kappa shape index (κ3) is 3.12. The molecule has 3 nitrogen and oxygen atoms in total. The highest BCUT2D eigenvalue weighted by molar-refractivity contribution is 5.79. The summed E-state index contributed by atoms with van der Waals surface area (Å²) in [5.41, 5.74) is -0.121. The summed E-state index contributed by atoms with van der Waals surface area (Å²) in [5, 5.41) is 3.10. The summed E-state index contributed by atoms with van der Waals surface area (Å²) in [4.78, 5) is 10.7. The zero-order chi connectivity index (χ0) is 11.7. The van der Waals surface area contributed by atoms with Crippen LogP contribution in [0.15, 0.2) is 0 Å². The van der Waals surface area contributed by atoms with Crippen molar-refractivity contribution in [2.45, 2.75) is 51.2 Å². The molecular weight excluding hydrogens is 204 g/mol. The highest BCUT2D eigenvalue weighted by atomic mass is 19.3. The molecule has 1 rings (SSSR count). The van der Waals surface area contributed by atoms with E-state index in [0.717, 1.165) is 6.42 Å². The van der Waals surface area contributed by atoms with E-state index < -0.39 is 24.4 Å². The van der Waals surface area contributed by atoms with Gasteiger partial charge in [-0.05, 0) is 20.3 Å². The summed E-state index contributed by atoms with van der Waals surface area (Å²) in [5.74, 6) is -4.70. The van der Waals surface area contributed by atoms with Gasteiger partial charge in [0.25, 0.3) is 0 Å². The number of halogens is 2. The van der Waals surface area contributed by atoms with Gasteiger partial charge in [0.1, 0.15) is 6.10 Å². The minimum Gasteiger partial charge on any atom is -0.456 e. The number of cyclic esters (lactones) is 1. The largest absolute Gasteiger partial charge is 0.456 e. The molecule has 0 bridgehead atoms. The Balaban J connectivity index is 2.40. The van der Waals surface area contributed by atoms with Gasteiger partial charge in [0, 0.05) is 12.1 Å². The standard InChI is InChI=1S/C10H17F2NO2/c1-4-9(2,3)13-6-7-5-10(11,12)8(14)15-7/h7,13H,4-6H2,1-3H3. The smallest absolute Gasteiger partial charge is 0.377 e. The molecule has 1 unspecified atom stereocenters. The van der Waals surface area contributed by atoms with Gasteiger partial charge >= 0.3 is 11.9 Å². The van der Waals surface area contributed by atoms with Crippen molar-refractivity contribution in [1.82, 2.24) is 5.32 Å². The molecule has 15 heavy (non-hydrogen) atoms. The predicted molar refractivity (Wildman–Crippen MR) is 51.8 cm³/mol. The summed E-state index contributed by atoms with van der Waals surface area (Å²) < 4.78 is 30.1. The second kappa shape index (κ2) is 4.04. The first-order chi connectivity index (χ1) is 6.77. The second-order valence-electron chi connectivity index (χ2n) is 4.55. The molecule has 1 atom stereocenters. The minimum absolute atomic E-state index is 0.121. The van der Waals surface area contributed by atoms with Crippen LogP contribution < -0.4 is 5.32 Å². The lowest BCUT2D eigenvalue weighted by Gasteiger charge is -2.25. The Morgan fingerprint density at radius 3 is 2.60 bits per heavy atom. The van der Waals surface area contributed by atoms with Gasteiger partial charge in [-0.2, -0.15) is 8.78 Å². The fourth-order valence-electron chi connectivity index (χ4n) is 1.28. The molecule has 1 heterocycles. The van der Waals surface area contributed by atoms with Gasteiger partial charge in [-0.3, -0.25) is 0 Å². The Bertz CT molecular complexity index is 254. The van der Waals surface area contributed by atoms with Crippen LogP contribution in [0.2, 0.25) is 0 Å². The summed E-state index contributed by atoms with van der Waals surface area (Å²) in [7, 11) is 0. The Kier molecular flexibility index (Phi) is 3.33. The quantitative estimate of drug-likeness (QED) is 0.734. The molecular formula is C10H17F2NO2. The Labute approximate surface area is 88.2 Å². The maximum atomic E-state index is 12.8. The molecule has 1 aliphatic rings. The van der Waals surface area contributed by atoms with Crippen LogP contribution in [0.4, 0.5) is 8.78 Å². The average Bonchev–Trinajstić information content (AvgIpc) is 2.38. The molecule has 1 N–H and O–H groups in total. The van der Waals surface area contributed by atoms with Crippen molar-refractivity contribution in [2.24, 2.45) is 0 Å². The number of esters is 1. The van der Waals surface area contributed by atoms with E-state index >= 15 is 0 Å². The molecule has 0 amide bonds. The van der Waals surface area contributed by atoms with E-state index in [-0.39, 0.29) is 12.1 Å². The van der Waals surface area contributed by atoms with Crippen LogP contribution >= 0.6 is 0 Å². The molecule has 1 aliphatic heterocycles. The summed E-state index contributed by atoms with van der Waals surface area (Å²) in [6.45, 7) is 6.23. The van der Waals surface area contributed by atoms with Gasteiger partial charge in [-0.15, -0.1) is 0 Å². The van der Waals surface area contributed by atoms with Crippen LogP contribution in [0.25, 0.3) is 0 Å². The van der Waals surface area contributed by atoms with Gasteiger partial charge in [0.15, 0.2) is 0 Å². The number of nitrogens with one attached hydrogen (secondary N) is 1. The molecule has 1 saturated heterocycles. The van der Waals surface area contributed by atoms with E-state index in [1.807, 2.05) is 20.8 Å². The Hall–Kier alpha value is -0.710. The SMILES string of the molecule is CCC(C)(C)NCC1CC(F)(F)C(=O)O1. The molecule has 0 saturated carbocycles. The number of carbonyl (C=O) groups is 1. The maximum Gasteiger partial charge on any atom is 0.377 e. The maximum absolute atomic E-state index is 12.8. The molecule has 0 aromatic heterocycles. The zero-order valence-electron chi connectivity index (χ0n) is 9.27. The van der Waals surface area contributed by atoms with Crippen molar-refractivity contribution >= 4 is 5.97 Å². The molecule has 1 fully saturated rings. The number of hydrogen-bond donors (Lipinski definition) is 1. The zero-order valence-corrected chi connectivity index (χ0v) is 9.27. The van der Waals surface area contributed by atoms with Crippen molar-refractivity contribution in [3.05, 3.63) is 0 Å². The third-order valence-corrected chi connectivity index (χ3v) is 2.75. The van der Waals surface area contributed by atoms with Crippen LogP contribution in [-0.2, 0) is 9.53 Å². The van der Waals surface area contributed by atoms with E-state index in [1.165, 1.54) is 0 Å².